The Morgan fingerprint density at radius 3 is 2.66 bits per heavy atom. The van der Waals surface area contributed by atoms with Crippen LogP contribution < -0.4 is 0 Å². The van der Waals surface area contributed by atoms with Gasteiger partial charge in [-0.3, -0.25) is 9.59 Å². The lowest BCUT2D eigenvalue weighted by Gasteiger charge is -2.08. The first-order chi connectivity index (χ1) is 13.7. The predicted octanol–water partition coefficient (Wildman–Crippen LogP) is 3.11. The molecule has 2 N–H and O–H groups in total. The highest BCUT2D eigenvalue weighted by molar-refractivity contribution is 9.10. The maximum atomic E-state index is 13.2. The minimum atomic E-state index is -0.913. The SMILES string of the molecule is CC(=O)OC(C)n1nnc(-c2[nH]c(C(C)O)c(C(=O)c3cccc(Br)c3)c2C)n1. The van der Waals surface area contributed by atoms with Crippen LogP contribution in [0, 0.1) is 6.92 Å². The fourth-order valence-corrected chi connectivity index (χ4v) is 3.39. The second-order valence-electron chi connectivity index (χ2n) is 6.57. The van der Waals surface area contributed by atoms with Crippen LogP contribution in [0.2, 0.25) is 0 Å². The van der Waals surface area contributed by atoms with Crippen molar-refractivity contribution in [2.24, 2.45) is 0 Å². The van der Waals surface area contributed by atoms with E-state index in [1.54, 1.807) is 39.0 Å². The van der Waals surface area contributed by atoms with Crippen LogP contribution in [0.15, 0.2) is 28.7 Å². The van der Waals surface area contributed by atoms with Gasteiger partial charge in [-0.15, -0.1) is 15.0 Å². The highest BCUT2D eigenvalue weighted by Crippen LogP contribution is 2.31. The second kappa shape index (κ2) is 8.26. The van der Waals surface area contributed by atoms with E-state index in [0.717, 1.165) is 9.27 Å². The third-order valence-corrected chi connectivity index (χ3v) is 4.82. The Morgan fingerprint density at radius 1 is 1.31 bits per heavy atom. The van der Waals surface area contributed by atoms with Gasteiger partial charge in [0.05, 0.1) is 17.5 Å². The molecule has 10 heteroatoms. The number of nitrogens with one attached hydrogen (secondary N) is 1. The van der Waals surface area contributed by atoms with E-state index < -0.39 is 18.3 Å². The topological polar surface area (TPSA) is 123 Å². The zero-order chi connectivity index (χ0) is 21.3. The van der Waals surface area contributed by atoms with Crippen LogP contribution >= 0.6 is 15.9 Å². The number of ketones is 1. The minimum Gasteiger partial charge on any atom is -0.438 e. The molecule has 0 bridgehead atoms. The molecule has 0 radical (unpaired) electrons. The number of nitrogens with zero attached hydrogens (tertiary/aromatic N) is 4. The first-order valence-electron chi connectivity index (χ1n) is 8.87. The summed E-state index contributed by atoms with van der Waals surface area (Å²) in [5.41, 5.74) is 2.26. The molecule has 0 saturated carbocycles. The van der Waals surface area contributed by atoms with Gasteiger partial charge >= 0.3 is 5.97 Å². The molecule has 0 fully saturated rings. The van der Waals surface area contributed by atoms with E-state index in [-0.39, 0.29) is 11.6 Å². The number of carbonyl (C=O) groups excluding carboxylic acids is 2. The Morgan fingerprint density at radius 2 is 2.03 bits per heavy atom. The molecule has 2 unspecified atom stereocenters. The van der Waals surface area contributed by atoms with Crippen LogP contribution in [-0.4, -0.2) is 42.1 Å². The molecule has 29 heavy (non-hydrogen) atoms. The summed E-state index contributed by atoms with van der Waals surface area (Å²) in [5.74, 6) is -0.481. The summed E-state index contributed by atoms with van der Waals surface area (Å²) >= 11 is 3.37. The molecule has 9 nitrogen and oxygen atoms in total. The zero-order valence-corrected chi connectivity index (χ0v) is 17.9. The average Bonchev–Trinajstić information content (AvgIpc) is 3.25. The second-order valence-corrected chi connectivity index (χ2v) is 7.49. The van der Waals surface area contributed by atoms with E-state index in [1.807, 2.05) is 6.07 Å². The van der Waals surface area contributed by atoms with Crippen LogP contribution in [-0.2, 0) is 9.53 Å². The molecule has 0 aliphatic carbocycles. The Labute approximate surface area is 175 Å². The van der Waals surface area contributed by atoms with Crippen molar-refractivity contribution in [3.63, 3.8) is 0 Å². The van der Waals surface area contributed by atoms with Crippen LogP contribution in [0.25, 0.3) is 11.5 Å². The maximum Gasteiger partial charge on any atom is 0.304 e. The number of aliphatic hydroxyl groups excluding tert-OH is 1. The third-order valence-electron chi connectivity index (χ3n) is 4.32. The number of carbonyl (C=O) groups is 2. The number of aromatic nitrogens is 5. The molecule has 2 atom stereocenters. The largest absolute Gasteiger partial charge is 0.438 e. The van der Waals surface area contributed by atoms with E-state index in [1.165, 1.54) is 6.92 Å². The molecule has 0 amide bonds. The quantitative estimate of drug-likeness (QED) is 0.426. The lowest BCUT2D eigenvalue weighted by atomic mass is 9.98. The van der Waals surface area contributed by atoms with Crippen molar-refractivity contribution in [3.05, 3.63) is 51.1 Å². The molecule has 1 aromatic carbocycles. The number of halogens is 1. The van der Waals surface area contributed by atoms with Crippen LogP contribution in [0.1, 0.15) is 60.3 Å². The number of benzene rings is 1. The Bertz CT molecular complexity index is 1070. The first kappa shape index (κ1) is 20.9. The van der Waals surface area contributed by atoms with Crippen molar-refractivity contribution in [3.8, 4) is 11.5 Å². The van der Waals surface area contributed by atoms with Gasteiger partial charge in [-0.1, -0.05) is 28.1 Å². The molecule has 3 rings (SSSR count). The van der Waals surface area contributed by atoms with Crippen LogP contribution in [0.3, 0.4) is 0 Å². The number of ether oxygens (including phenoxy) is 1. The molecule has 0 aliphatic heterocycles. The van der Waals surface area contributed by atoms with Crippen molar-refractivity contribution in [2.75, 3.05) is 0 Å². The van der Waals surface area contributed by atoms with Crippen LogP contribution in [0.5, 0.6) is 0 Å². The number of tetrazole rings is 1. The summed E-state index contributed by atoms with van der Waals surface area (Å²) in [6, 6.07) is 7.02. The summed E-state index contributed by atoms with van der Waals surface area (Å²) in [6.45, 7) is 6.22. The number of rotatable bonds is 6. The van der Waals surface area contributed by atoms with Gasteiger partial charge in [0.15, 0.2) is 5.78 Å². The standard InChI is InChI=1S/C19H20BrN5O4/c1-9-15(18(28)13-6-5-7-14(20)8-13)17(10(2)26)21-16(9)19-22-24-25(23-19)11(3)29-12(4)27/h5-8,10-11,21,26H,1-4H3. The van der Waals surface area contributed by atoms with Gasteiger partial charge in [0.1, 0.15) is 0 Å². The minimum absolute atomic E-state index is 0.219. The Hall–Kier alpha value is -2.85. The van der Waals surface area contributed by atoms with Crippen molar-refractivity contribution in [1.29, 1.82) is 0 Å². The van der Waals surface area contributed by atoms with Gasteiger partial charge in [0.25, 0.3) is 0 Å². The van der Waals surface area contributed by atoms with Gasteiger partial charge in [0, 0.05) is 22.5 Å². The molecule has 0 spiro atoms. The summed E-state index contributed by atoms with van der Waals surface area (Å²) in [4.78, 5) is 28.5. The molecule has 2 heterocycles. The molecular formula is C19H20BrN5O4. The van der Waals surface area contributed by atoms with E-state index in [4.69, 9.17) is 4.74 Å². The smallest absolute Gasteiger partial charge is 0.304 e. The summed E-state index contributed by atoms with van der Waals surface area (Å²) in [5, 5.41) is 22.4. The first-order valence-corrected chi connectivity index (χ1v) is 9.66. The Balaban J connectivity index is 2.04. The zero-order valence-electron chi connectivity index (χ0n) is 16.3. The lowest BCUT2D eigenvalue weighted by Crippen LogP contribution is -2.15. The highest BCUT2D eigenvalue weighted by atomic mass is 79.9. The van der Waals surface area contributed by atoms with E-state index >= 15 is 0 Å². The molecule has 0 aliphatic rings. The van der Waals surface area contributed by atoms with E-state index in [9.17, 15) is 14.7 Å². The molecule has 152 valence electrons. The monoisotopic (exact) mass is 461 g/mol. The predicted molar refractivity (Wildman–Crippen MR) is 107 cm³/mol. The van der Waals surface area contributed by atoms with Crippen molar-refractivity contribution >= 4 is 27.7 Å². The molecular weight excluding hydrogens is 442 g/mol. The molecule has 0 saturated heterocycles. The number of hydrogen-bond donors (Lipinski definition) is 2. The normalized spacial score (nSPS) is 13.2. The highest BCUT2D eigenvalue weighted by Gasteiger charge is 2.27. The number of esters is 1. The fourth-order valence-electron chi connectivity index (χ4n) is 2.99. The van der Waals surface area contributed by atoms with Gasteiger partial charge < -0.3 is 14.8 Å². The van der Waals surface area contributed by atoms with Crippen molar-refractivity contribution in [2.45, 2.75) is 40.0 Å². The van der Waals surface area contributed by atoms with Crippen molar-refractivity contribution in [1.82, 2.24) is 25.2 Å². The van der Waals surface area contributed by atoms with E-state index in [0.29, 0.717) is 28.1 Å². The maximum absolute atomic E-state index is 13.2. The van der Waals surface area contributed by atoms with Gasteiger partial charge in [-0.2, -0.15) is 0 Å². The van der Waals surface area contributed by atoms with Gasteiger partial charge in [-0.25, -0.2) is 0 Å². The fraction of sp³-hybridized carbons (Fsp3) is 0.316. The Kier molecular flexibility index (Phi) is 5.94. The van der Waals surface area contributed by atoms with E-state index in [2.05, 4.69) is 36.3 Å². The molecule has 3 aromatic rings. The third kappa shape index (κ3) is 4.28. The number of H-pyrrole nitrogens is 1. The summed E-state index contributed by atoms with van der Waals surface area (Å²) < 4.78 is 5.82. The van der Waals surface area contributed by atoms with Gasteiger partial charge in [-0.05, 0) is 43.7 Å². The number of aliphatic hydroxyl groups is 1. The number of hydrogen-bond acceptors (Lipinski definition) is 7. The summed E-state index contributed by atoms with van der Waals surface area (Å²) in [6.07, 6.45) is -1.65. The van der Waals surface area contributed by atoms with Gasteiger partial charge in [0.2, 0.25) is 12.1 Å². The average molecular weight is 462 g/mol. The molecule has 2 aromatic heterocycles. The number of aromatic amines is 1. The van der Waals surface area contributed by atoms with Crippen LogP contribution in [0.4, 0.5) is 0 Å². The summed E-state index contributed by atoms with van der Waals surface area (Å²) in [7, 11) is 0. The lowest BCUT2D eigenvalue weighted by molar-refractivity contribution is -0.151. The van der Waals surface area contributed by atoms with Crippen molar-refractivity contribution < 1.29 is 19.4 Å².